The third-order valence-corrected chi connectivity index (χ3v) is 9.68. The van der Waals surface area contributed by atoms with E-state index in [1.54, 1.807) is 42.5 Å². The summed E-state index contributed by atoms with van der Waals surface area (Å²) < 4.78 is 53.0. The summed E-state index contributed by atoms with van der Waals surface area (Å²) >= 11 is 12.1. The van der Waals surface area contributed by atoms with Gasteiger partial charge in [-0.05, 0) is 23.8 Å². The number of sulfonamides is 1. The molecule has 12 heteroatoms. The highest BCUT2D eigenvalue weighted by Crippen LogP contribution is 2.34. The Balaban J connectivity index is 1.91. The van der Waals surface area contributed by atoms with Crippen molar-refractivity contribution in [3.63, 3.8) is 0 Å². The Labute approximate surface area is 194 Å². The molecule has 32 heavy (non-hydrogen) atoms. The molecule has 4 rings (SSSR count). The van der Waals surface area contributed by atoms with Crippen molar-refractivity contribution in [2.24, 2.45) is 0 Å². The van der Waals surface area contributed by atoms with Gasteiger partial charge in [-0.3, -0.25) is 0 Å². The summed E-state index contributed by atoms with van der Waals surface area (Å²) in [7, 11) is -7.60. The second-order valence-electron chi connectivity index (χ2n) is 7.39. The van der Waals surface area contributed by atoms with E-state index in [0.29, 0.717) is 21.1 Å². The number of para-hydroxylation sites is 1. The van der Waals surface area contributed by atoms with E-state index in [-0.39, 0.29) is 41.4 Å². The Morgan fingerprint density at radius 2 is 1.69 bits per heavy atom. The van der Waals surface area contributed by atoms with Crippen LogP contribution in [0.3, 0.4) is 0 Å². The lowest BCUT2D eigenvalue weighted by molar-refractivity contribution is 0.0681. The van der Waals surface area contributed by atoms with Gasteiger partial charge in [0.15, 0.2) is 9.84 Å². The van der Waals surface area contributed by atoms with Crippen molar-refractivity contribution in [1.82, 2.24) is 8.87 Å². The molecule has 1 aromatic heterocycles. The smallest absolute Gasteiger partial charge is 0.353 e. The molecule has 1 fully saturated rings. The van der Waals surface area contributed by atoms with Crippen molar-refractivity contribution in [1.29, 1.82) is 0 Å². The van der Waals surface area contributed by atoms with Crippen LogP contribution in [0.5, 0.6) is 0 Å². The summed E-state index contributed by atoms with van der Waals surface area (Å²) in [6.45, 7) is -0.408. The first-order chi connectivity index (χ1) is 15.0. The number of carboxylic acids is 1. The molecule has 0 unspecified atom stereocenters. The maximum Gasteiger partial charge on any atom is 0.353 e. The van der Waals surface area contributed by atoms with Gasteiger partial charge in [0.1, 0.15) is 10.6 Å². The zero-order valence-corrected chi connectivity index (χ0v) is 19.7. The molecule has 0 radical (unpaired) electrons. The van der Waals surface area contributed by atoms with Gasteiger partial charge >= 0.3 is 5.97 Å². The Hall–Kier alpha value is -2.11. The highest BCUT2D eigenvalue weighted by molar-refractivity contribution is 7.92. The number of aromatic carboxylic acids is 1. The zero-order valence-electron chi connectivity index (χ0n) is 16.5. The predicted octanol–water partition coefficient (Wildman–Crippen LogP) is 3.11. The second kappa shape index (κ2) is 8.35. The Bertz CT molecular complexity index is 1430. The summed E-state index contributed by atoms with van der Waals surface area (Å²) in [6, 6.07) is 11.3. The number of aromatic nitrogens is 1. The number of carbonyl (C=O) groups is 1. The molecule has 0 atom stereocenters. The first-order valence-electron chi connectivity index (χ1n) is 9.50. The number of rotatable bonds is 5. The van der Waals surface area contributed by atoms with E-state index >= 15 is 0 Å². The number of fused-ring (bicyclic) bond motifs is 1. The van der Waals surface area contributed by atoms with Crippen LogP contribution >= 0.6 is 23.2 Å². The molecule has 2 heterocycles. The number of benzene rings is 2. The average Bonchev–Trinajstić information content (AvgIpc) is 3.06. The summed E-state index contributed by atoms with van der Waals surface area (Å²) in [5.41, 5.74) is 0.653. The average molecular weight is 517 g/mol. The molecule has 0 saturated carbocycles. The molecule has 1 saturated heterocycles. The highest BCUT2D eigenvalue weighted by Gasteiger charge is 2.37. The fourth-order valence-electron chi connectivity index (χ4n) is 3.80. The Morgan fingerprint density at radius 3 is 2.31 bits per heavy atom. The standard InChI is InChI=1S/C20H18Cl2N2O6S2/c21-15-6-5-13(11-16(15)22)12-24-17-4-2-1-3-14(17)19(18(24)20(25)26)32(29,30)23-7-9-31(27,28)10-8-23/h1-6,11H,7-10,12H2,(H,25,26). The van der Waals surface area contributed by atoms with E-state index in [4.69, 9.17) is 23.2 Å². The van der Waals surface area contributed by atoms with Gasteiger partial charge in [-0.1, -0.05) is 47.5 Å². The number of carboxylic acid groups (broad SMARTS) is 1. The van der Waals surface area contributed by atoms with Crippen molar-refractivity contribution < 1.29 is 26.7 Å². The molecule has 1 N–H and O–H groups in total. The first-order valence-corrected chi connectivity index (χ1v) is 13.5. The zero-order chi connectivity index (χ0) is 23.3. The van der Waals surface area contributed by atoms with Gasteiger partial charge in [0.25, 0.3) is 0 Å². The minimum absolute atomic E-state index is 0.0446. The highest BCUT2D eigenvalue weighted by atomic mass is 35.5. The third-order valence-electron chi connectivity index (χ3n) is 5.35. The number of hydrogen-bond donors (Lipinski definition) is 1. The van der Waals surface area contributed by atoms with Crippen LogP contribution in [0.2, 0.25) is 10.0 Å². The number of sulfone groups is 1. The van der Waals surface area contributed by atoms with Gasteiger partial charge in [-0.2, -0.15) is 4.31 Å². The molecule has 0 aliphatic carbocycles. The van der Waals surface area contributed by atoms with Crippen molar-refractivity contribution in [2.75, 3.05) is 24.6 Å². The largest absolute Gasteiger partial charge is 0.477 e. The molecule has 0 amide bonds. The summed E-state index contributed by atoms with van der Waals surface area (Å²) in [4.78, 5) is 12.0. The van der Waals surface area contributed by atoms with Crippen molar-refractivity contribution in [3.05, 3.63) is 63.8 Å². The number of halogens is 2. The summed E-state index contributed by atoms with van der Waals surface area (Å²) in [6.07, 6.45) is 0. The first kappa shape index (κ1) is 23.1. The van der Waals surface area contributed by atoms with E-state index in [0.717, 1.165) is 4.31 Å². The van der Waals surface area contributed by atoms with Crippen molar-refractivity contribution in [2.45, 2.75) is 11.4 Å². The van der Waals surface area contributed by atoms with E-state index in [2.05, 4.69) is 0 Å². The predicted molar refractivity (Wildman–Crippen MR) is 122 cm³/mol. The maximum absolute atomic E-state index is 13.5. The van der Waals surface area contributed by atoms with Crippen molar-refractivity contribution >= 4 is 59.9 Å². The van der Waals surface area contributed by atoms with Crippen LogP contribution in [0.1, 0.15) is 16.1 Å². The van der Waals surface area contributed by atoms with Crippen LogP contribution < -0.4 is 0 Å². The maximum atomic E-state index is 13.5. The molecular formula is C20H18Cl2N2O6S2. The molecule has 2 aromatic carbocycles. The van der Waals surface area contributed by atoms with Crippen LogP contribution in [0.15, 0.2) is 47.4 Å². The van der Waals surface area contributed by atoms with Crippen LogP contribution in [0, 0.1) is 0 Å². The van der Waals surface area contributed by atoms with E-state index in [1.165, 1.54) is 4.57 Å². The lowest BCUT2D eigenvalue weighted by atomic mass is 10.2. The molecular weight excluding hydrogens is 499 g/mol. The third kappa shape index (κ3) is 4.13. The lowest BCUT2D eigenvalue weighted by Crippen LogP contribution is -2.44. The van der Waals surface area contributed by atoms with Gasteiger partial charge in [0, 0.05) is 25.0 Å². The van der Waals surface area contributed by atoms with E-state index in [9.17, 15) is 26.7 Å². The van der Waals surface area contributed by atoms with Crippen molar-refractivity contribution in [3.8, 4) is 0 Å². The fourth-order valence-corrected chi connectivity index (χ4v) is 7.36. The summed E-state index contributed by atoms with van der Waals surface area (Å²) in [5, 5.41) is 10.9. The molecule has 170 valence electrons. The van der Waals surface area contributed by atoms with Gasteiger partial charge in [-0.25, -0.2) is 21.6 Å². The Kier molecular flexibility index (Phi) is 6.01. The van der Waals surface area contributed by atoms with Crippen LogP contribution in [0.25, 0.3) is 10.9 Å². The quantitative estimate of drug-likeness (QED) is 0.557. The number of hydrogen-bond acceptors (Lipinski definition) is 5. The minimum atomic E-state index is -4.28. The minimum Gasteiger partial charge on any atom is -0.477 e. The number of nitrogens with zero attached hydrogens (tertiary/aromatic N) is 2. The van der Waals surface area contributed by atoms with E-state index in [1.807, 2.05) is 0 Å². The molecule has 1 aliphatic heterocycles. The van der Waals surface area contributed by atoms with Gasteiger partial charge in [0.2, 0.25) is 10.0 Å². The molecule has 0 spiro atoms. The topological polar surface area (TPSA) is 114 Å². The van der Waals surface area contributed by atoms with Crippen LogP contribution in [-0.4, -0.2) is 61.4 Å². The molecule has 0 bridgehead atoms. The fraction of sp³-hybridized carbons (Fsp3) is 0.250. The molecule has 8 nitrogen and oxygen atoms in total. The van der Waals surface area contributed by atoms with Crippen LogP contribution in [-0.2, 0) is 26.4 Å². The van der Waals surface area contributed by atoms with Gasteiger partial charge in [-0.15, -0.1) is 0 Å². The molecule has 1 aliphatic rings. The SMILES string of the molecule is O=C(O)c1c(S(=O)(=O)N2CCS(=O)(=O)CC2)c2ccccc2n1Cc1ccc(Cl)c(Cl)c1. The normalized spacial score (nSPS) is 16.9. The Morgan fingerprint density at radius 1 is 1.03 bits per heavy atom. The van der Waals surface area contributed by atoms with Gasteiger partial charge in [0.05, 0.1) is 27.1 Å². The van der Waals surface area contributed by atoms with Gasteiger partial charge < -0.3 is 9.67 Å². The molecule has 3 aromatic rings. The monoisotopic (exact) mass is 516 g/mol. The van der Waals surface area contributed by atoms with E-state index < -0.39 is 31.5 Å². The summed E-state index contributed by atoms with van der Waals surface area (Å²) in [5.74, 6) is -2.03. The second-order valence-corrected chi connectivity index (χ2v) is 12.4. The lowest BCUT2D eigenvalue weighted by Gasteiger charge is -2.26. The van der Waals surface area contributed by atoms with Crippen LogP contribution in [0.4, 0.5) is 0 Å².